The predicted molar refractivity (Wildman–Crippen MR) is 125 cm³/mol. The van der Waals surface area contributed by atoms with Crippen molar-refractivity contribution < 1.29 is 29.4 Å². The fourth-order valence-corrected chi connectivity index (χ4v) is 3.89. The van der Waals surface area contributed by atoms with E-state index in [-0.39, 0.29) is 18.6 Å². The molecular weight excluding hydrogens is 442 g/mol. The number of rotatable bonds is 12. The highest BCUT2D eigenvalue weighted by Gasteiger charge is 2.39. The number of hydrogen-bond donors (Lipinski definition) is 6. The van der Waals surface area contributed by atoms with E-state index in [1.165, 1.54) is 24.0 Å². The van der Waals surface area contributed by atoms with Gasteiger partial charge in [0, 0.05) is 13.0 Å². The SMILES string of the molecule is CC(N)C(=O)NC(Cc1ccc(O)cc1)C(=O)N1CCCC1C(=O)NC(CCCCN)C(=O)O. The molecule has 1 aromatic carbocycles. The maximum Gasteiger partial charge on any atom is 0.326 e. The van der Waals surface area contributed by atoms with Crippen molar-refractivity contribution in [1.82, 2.24) is 15.5 Å². The number of aromatic hydroxyl groups is 1. The van der Waals surface area contributed by atoms with E-state index in [0.29, 0.717) is 44.3 Å². The molecule has 4 atom stereocenters. The Morgan fingerprint density at radius 3 is 2.38 bits per heavy atom. The summed E-state index contributed by atoms with van der Waals surface area (Å²) >= 11 is 0. The lowest BCUT2D eigenvalue weighted by atomic mass is 10.0. The quantitative estimate of drug-likeness (QED) is 0.216. The van der Waals surface area contributed by atoms with E-state index in [4.69, 9.17) is 11.5 Å². The normalized spacial score (nSPS) is 18.1. The summed E-state index contributed by atoms with van der Waals surface area (Å²) in [5, 5.41) is 24.2. The number of phenols is 1. The minimum Gasteiger partial charge on any atom is -0.508 e. The number of carbonyl (C=O) groups is 4. The van der Waals surface area contributed by atoms with E-state index in [1.807, 2.05) is 0 Å². The lowest BCUT2D eigenvalue weighted by molar-refractivity contribution is -0.145. The topological polar surface area (TPSA) is 188 Å². The molecular formula is C23H35N5O6. The lowest BCUT2D eigenvalue weighted by Gasteiger charge is -2.30. The van der Waals surface area contributed by atoms with Crippen LogP contribution in [0.15, 0.2) is 24.3 Å². The summed E-state index contributed by atoms with van der Waals surface area (Å²) in [5.74, 6) is -2.57. The van der Waals surface area contributed by atoms with Gasteiger partial charge in [0.05, 0.1) is 6.04 Å². The molecule has 1 heterocycles. The molecule has 1 fully saturated rings. The molecule has 3 amide bonds. The minimum atomic E-state index is -1.14. The molecule has 1 aromatic rings. The maximum atomic E-state index is 13.4. The number of amides is 3. The van der Waals surface area contributed by atoms with Gasteiger partial charge in [-0.2, -0.15) is 0 Å². The van der Waals surface area contributed by atoms with Gasteiger partial charge in [-0.3, -0.25) is 14.4 Å². The first-order valence-electron chi connectivity index (χ1n) is 11.5. The van der Waals surface area contributed by atoms with E-state index in [2.05, 4.69) is 10.6 Å². The Morgan fingerprint density at radius 1 is 1.12 bits per heavy atom. The number of benzene rings is 1. The van der Waals surface area contributed by atoms with E-state index in [0.717, 1.165) is 0 Å². The number of unbranched alkanes of at least 4 members (excludes halogenated alkanes) is 1. The fourth-order valence-electron chi connectivity index (χ4n) is 3.89. The predicted octanol–water partition coefficient (Wildman–Crippen LogP) is -0.544. The average Bonchev–Trinajstić information content (AvgIpc) is 3.28. The summed E-state index contributed by atoms with van der Waals surface area (Å²) in [7, 11) is 0. The molecule has 1 aliphatic rings. The van der Waals surface area contributed by atoms with Crippen molar-refractivity contribution >= 4 is 23.7 Å². The number of phenolic OH excluding ortho intramolecular Hbond substituents is 1. The molecule has 0 saturated carbocycles. The Bertz CT molecular complexity index is 860. The molecule has 1 saturated heterocycles. The van der Waals surface area contributed by atoms with Gasteiger partial charge in [0.2, 0.25) is 17.7 Å². The van der Waals surface area contributed by atoms with Crippen LogP contribution in [0.4, 0.5) is 0 Å². The second-order valence-corrected chi connectivity index (χ2v) is 8.59. The molecule has 8 N–H and O–H groups in total. The van der Waals surface area contributed by atoms with E-state index >= 15 is 0 Å². The summed E-state index contributed by atoms with van der Waals surface area (Å²) in [6, 6.07) is 2.52. The number of nitrogens with zero attached hydrogens (tertiary/aromatic N) is 1. The smallest absolute Gasteiger partial charge is 0.326 e. The van der Waals surface area contributed by atoms with Crippen LogP contribution in [0, 0.1) is 0 Å². The van der Waals surface area contributed by atoms with Crippen LogP contribution in [0.3, 0.4) is 0 Å². The van der Waals surface area contributed by atoms with Gasteiger partial charge in [-0.05, 0) is 63.3 Å². The maximum absolute atomic E-state index is 13.4. The van der Waals surface area contributed by atoms with Gasteiger partial charge < -0.3 is 37.2 Å². The number of carboxylic acid groups (broad SMARTS) is 1. The molecule has 0 aromatic heterocycles. The Balaban J connectivity index is 2.16. The Hall–Kier alpha value is -3.18. The van der Waals surface area contributed by atoms with Gasteiger partial charge in [-0.1, -0.05) is 12.1 Å². The zero-order valence-electron chi connectivity index (χ0n) is 19.4. The van der Waals surface area contributed by atoms with Gasteiger partial charge >= 0.3 is 5.97 Å². The number of carboxylic acids is 1. The summed E-state index contributed by atoms with van der Waals surface area (Å²) in [4.78, 5) is 51.6. The highest BCUT2D eigenvalue weighted by molar-refractivity contribution is 5.94. The molecule has 0 radical (unpaired) electrons. The molecule has 0 spiro atoms. The molecule has 0 bridgehead atoms. The van der Waals surface area contributed by atoms with E-state index < -0.39 is 47.9 Å². The third kappa shape index (κ3) is 7.70. The Labute approximate surface area is 198 Å². The van der Waals surface area contributed by atoms with Crippen molar-refractivity contribution in [2.45, 2.75) is 69.6 Å². The number of carbonyl (C=O) groups excluding carboxylic acids is 3. The highest BCUT2D eigenvalue weighted by Crippen LogP contribution is 2.21. The van der Waals surface area contributed by atoms with Crippen molar-refractivity contribution in [1.29, 1.82) is 0 Å². The van der Waals surface area contributed by atoms with E-state index in [9.17, 15) is 29.4 Å². The monoisotopic (exact) mass is 477 g/mol. The third-order valence-electron chi connectivity index (χ3n) is 5.80. The minimum absolute atomic E-state index is 0.0713. The van der Waals surface area contributed by atoms with Crippen molar-refractivity contribution in [3.63, 3.8) is 0 Å². The first kappa shape index (κ1) is 27.1. The molecule has 11 nitrogen and oxygen atoms in total. The molecule has 34 heavy (non-hydrogen) atoms. The van der Waals surface area contributed by atoms with Crippen molar-refractivity contribution in [3.05, 3.63) is 29.8 Å². The zero-order chi connectivity index (χ0) is 25.3. The summed E-state index contributed by atoms with van der Waals surface area (Å²) in [6.45, 7) is 2.24. The summed E-state index contributed by atoms with van der Waals surface area (Å²) < 4.78 is 0. The van der Waals surface area contributed by atoms with Gasteiger partial charge in [0.1, 0.15) is 23.9 Å². The van der Waals surface area contributed by atoms with Crippen LogP contribution in [0.2, 0.25) is 0 Å². The lowest BCUT2D eigenvalue weighted by Crippen LogP contribution is -2.57. The molecule has 0 aliphatic carbocycles. The number of aliphatic carboxylic acids is 1. The van der Waals surface area contributed by atoms with Crippen LogP contribution in [0.25, 0.3) is 0 Å². The van der Waals surface area contributed by atoms with Crippen LogP contribution in [-0.2, 0) is 25.6 Å². The third-order valence-corrected chi connectivity index (χ3v) is 5.80. The largest absolute Gasteiger partial charge is 0.508 e. The summed E-state index contributed by atoms with van der Waals surface area (Å²) in [5.41, 5.74) is 11.8. The molecule has 1 aliphatic heterocycles. The summed E-state index contributed by atoms with van der Waals surface area (Å²) in [6.07, 6.45) is 2.54. The molecule has 11 heteroatoms. The number of hydrogen-bond acceptors (Lipinski definition) is 7. The van der Waals surface area contributed by atoms with Crippen molar-refractivity contribution in [2.75, 3.05) is 13.1 Å². The molecule has 4 unspecified atom stereocenters. The first-order valence-corrected chi connectivity index (χ1v) is 11.5. The van der Waals surface area contributed by atoms with Crippen molar-refractivity contribution in [3.8, 4) is 5.75 Å². The molecule has 188 valence electrons. The van der Waals surface area contributed by atoms with Crippen LogP contribution >= 0.6 is 0 Å². The number of nitrogens with one attached hydrogen (secondary N) is 2. The van der Waals surface area contributed by atoms with Gasteiger partial charge in [-0.15, -0.1) is 0 Å². The van der Waals surface area contributed by atoms with Crippen molar-refractivity contribution in [2.24, 2.45) is 11.5 Å². The fraction of sp³-hybridized carbons (Fsp3) is 0.565. The standard InChI is InChI=1S/C23H35N5O6/c1-14(25)20(30)27-18(13-15-7-9-16(29)10-8-15)22(32)28-12-4-6-19(28)21(31)26-17(23(33)34)5-2-3-11-24/h7-10,14,17-19,29H,2-6,11-13,24-25H2,1H3,(H,26,31)(H,27,30)(H,33,34). The van der Waals surface area contributed by atoms with Gasteiger partial charge in [0.25, 0.3) is 0 Å². The van der Waals surface area contributed by atoms with Gasteiger partial charge in [-0.25, -0.2) is 4.79 Å². The van der Waals surface area contributed by atoms with Crippen LogP contribution < -0.4 is 22.1 Å². The Morgan fingerprint density at radius 2 is 1.79 bits per heavy atom. The first-order chi connectivity index (χ1) is 16.1. The van der Waals surface area contributed by atoms with Crippen LogP contribution in [0.1, 0.15) is 44.6 Å². The number of nitrogens with two attached hydrogens (primary N) is 2. The second kappa shape index (κ2) is 12.9. The van der Waals surface area contributed by atoms with Crippen LogP contribution in [-0.4, -0.2) is 76.1 Å². The number of likely N-dealkylation sites (tertiary alicyclic amines) is 1. The Kier molecular flexibility index (Phi) is 10.3. The van der Waals surface area contributed by atoms with E-state index in [1.54, 1.807) is 12.1 Å². The second-order valence-electron chi connectivity index (χ2n) is 8.59. The molecule has 2 rings (SSSR count). The highest BCUT2D eigenvalue weighted by atomic mass is 16.4. The van der Waals surface area contributed by atoms with Gasteiger partial charge in [0.15, 0.2) is 0 Å². The zero-order valence-corrected chi connectivity index (χ0v) is 19.4. The average molecular weight is 478 g/mol. The van der Waals surface area contributed by atoms with Crippen LogP contribution in [0.5, 0.6) is 5.75 Å².